The normalized spacial score (nSPS) is 22.8. The van der Waals surface area contributed by atoms with Gasteiger partial charge in [0.15, 0.2) is 0 Å². The van der Waals surface area contributed by atoms with Crippen LogP contribution in [0.5, 0.6) is 0 Å². The number of hydrogen-bond acceptors (Lipinski definition) is 3. The highest BCUT2D eigenvalue weighted by Gasteiger charge is 2.31. The summed E-state index contributed by atoms with van der Waals surface area (Å²) in [4.78, 5) is 14.6. The summed E-state index contributed by atoms with van der Waals surface area (Å²) in [7, 11) is 0. The number of carbonyl (C=O) groups excluding carboxylic acids is 1. The van der Waals surface area contributed by atoms with E-state index in [-0.39, 0.29) is 18.3 Å². The van der Waals surface area contributed by atoms with Crippen molar-refractivity contribution in [2.45, 2.75) is 37.8 Å². The van der Waals surface area contributed by atoms with E-state index in [9.17, 15) is 4.79 Å². The summed E-state index contributed by atoms with van der Waals surface area (Å²) in [5.41, 5.74) is 1.99. The summed E-state index contributed by atoms with van der Waals surface area (Å²) in [6.45, 7) is 1.72. The largest absolute Gasteiger partial charge is 0.341 e. The van der Waals surface area contributed by atoms with Gasteiger partial charge in [-0.3, -0.25) is 4.79 Å². The minimum Gasteiger partial charge on any atom is -0.341 e. The standard InChI is InChI=1S/C18H22N4O.ClH/c23-18(21-9-8-15-6-7-16(13-21)20-15)10-14-11-19-22(12-14)17-4-2-1-3-5-17;/h1-5,11-12,15-16,20H,6-10,13H2;1H. The van der Waals surface area contributed by atoms with Crippen molar-refractivity contribution in [2.75, 3.05) is 13.1 Å². The van der Waals surface area contributed by atoms with Crippen LogP contribution in [-0.2, 0) is 11.2 Å². The molecule has 2 fully saturated rings. The number of benzene rings is 1. The molecule has 2 aliphatic heterocycles. The lowest BCUT2D eigenvalue weighted by Gasteiger charge is -2.24. The van der Waals surface area contributed by atoms with Gasteiger partial charge in [0.1, 0.15) is 0 Å². The van der Waals surface area contributed by atoms with Gasteiger partial charge in [0.05, 0.1) is 18.3 Å². The Kier molecular flexibility index (Phi) is 5.21. The van der Waals surface area contributed by atoms with Gasteiger partial charge in [-0.25, -0.2) is 4.68 Å². The van der Waals surface area contributed by atoms with E-state index in [0.717, 1.165) is 30.8 Å². The van der Waals surface area contributed by atoms with Crippen LogP contribution in [0.4, 0.5) is 0 Å². The lowest BCUT2D eigenvalue weighted by molar-refractivity contribution is -0.130. The molecule has 2 saturated heterocycles. The average molecular weight is 347 g/mol. The molecular weight excluding hydrogens is 324 g/mol. The van der Waals surface area contributed by atoms with E-state index in [1.165, 1.54) is 12.8 Å². The van der Waals surface area contributed by atoms with Crippen molar-refractivity contribution in [3.05, 3.63) is 48.3 Å². The first-order valence-electron chi connectivity index (χ1n) is 8.41. The van der Waals surface area contributed by atoms with E-state index >= 15 is 0 Å². The summed E-state index contributed by atoms with van der Waals surface area (Å²) in [6, 6.07) is 11.1. The van der Waals surface area contributed by atoms with Crippen LogP contribution in [0.15, 0.2) is 42.7 Å². The summed E-state index contributed by atoms with van der Waals surface area (Å²) >= 11 is 0. The molecule has 1 amide bonds. The SMILES string of the molecule is Cl.O=C(Cc1cnn(-c2ccccc2)c1)N1CCC2CCC(C1)N2. The predicted molar refractivity (Wildman–Crippen MR) is 95.7 cm³/mol. The molecular formula is C18H23ClN4O. The highest BCUT2D eigenvalue weighted by atomic mass is 35.5. The van der Waals surface area contributed by atoms with E-state index in [1.807, 2.05) is 46.1 Å². The smallest absolute Gasteiger partial charge is 0.227 e. The first-order chi connectivity index (χ1) is 11.3. The number of likely N-dealkylation sites (tertiary alicyclic amines) is 1. The van der Waals surface area contributed by atoms with E-state index < -0.39 is 0 Å². The highest BCUT2D eigenvalue weighted by molar-refractivity contribution is 5.85. The Labute approximate surface area is 148 Å². The van der Waals surface area contributed by atoms with Gasteiger partial charge in [-0.05, 0) is 37.0 Å². The molecule has 0 saturated carbocycles. The molecule has 2 bridgehead atoms. The third-order valence-corrected chi connectivity index (χ3v) is 4.89. The second kappa shape index (κ2) is 7.36. The van der Waals surface area contributed by atoms with Gasteiger partial charge in [0, 0.05) is 31.4 Å². The van der Waals surface area contributed by atoms with Crippen molar-refractivity contribution in [3.63, 3.8) is 0 Å². The van der Waals surface area contributed by atoms with Gasteiger partial charge in [-0.15, -0.1) is 12.4 Å². The minimum atomic E-state index is 0. The quantitative estimate of drug-likeness (QED) is 0.926. The molecule has 128 valence electrons. The Bertz CT molecular complexity index is 687. The highest BCUT2D eigenvalue weighted by Crippen LogP contribution is 2.21. The molecule has 0 spiro atoms. The maximum absolute atomic E-state index is 12.6. The van der Waals surface area contributed by atoms with E-state index in [2.05, 4.69) is 10.4 Å². The fraction of sp³-hybridized carbons (Fsp3) is 0.444. The summed E-state index contributed by atoms with van der Waals surface area (Å²) in [5, 5.41) is 7.99. The van der Waals surface area contributed by atoms with Crippen molar-refractivity contribution < 1.29 is 4.79 Å². The average Bonchev–Trinajstić information content (AvgIpc) is 3.14. The zero-order valence-electron chi connectivity index (χ0n) is 13.6. The number of para-hydroxylation sites is 1. The maximum atomic E-state index is 12.6. The van der Waals surface area contributed by atoms with Crippen LogP contribution < -0.4 is 5.32 Å². The van der Waals surface area contributed by atoms with Gasteiger partial charge in [0.2, 0.25) is 5.91 Å². The third kappa shape index (κ3) is 3.62. The Morgan fingerprint density at radius 3 is 2.79 bits per heavy atom. The zero-order chi connectivity index (χ0) is 15.6. The van der Waals surface area contributed by atoms with Crippen LogP contribution in [0.1, 0.15) is 24.8 Å². The molecule has 2 aliphatic rings. The maximum Gasteiger partial charge on any atom is 0.227 e. The summed E-state index contributed by atoms with van der Waals surface area (Å²) in [5.74, 6) is 0.215. The number of aromatic nitrogens is 2. The van der Waals surface area contributed by atoms with Gasteiger partial charge >= 0.3 is 0 Å². The number of nitrogens with zero attached hydrogens (tertiary/aromatic N) is 3. The molecule has 0 aliphatic carbocycles. The summed E-state index contributed by atoms with van der Waals surface area (Å²) in [6.07, 6.45) is 7.72. The van der Waals surface area contributed by atoms with Crippen LogP contribution in [0, 0.1) is 0 Å². The molecule has 0 radical (unpaired) electrons. The lowest BCUT2D eigenvalue weighted by atomic mass is 10.1. The number of amides is 1. The van der Waals surface area contributed by atoms with Crippen LogP contribution in [0.2, 0.25) is 0 Å². The number of halogens is 1. The Balaban J connectivity index is 0.00000169. The van der Waals surface area contributed by atoms with Gasteiger partial charge < -0.3 is 10.2 Å². The van der Waals surface area contributed by atoms with Crippen molar-refractivity contribution in [1.29, 1.82) is 0 Å². The van der Waals surface area contributed by atoms with Crippen molar-refractivity contribution >= 4 is 18.3 Å². The van der Waals surface area contributed by atoms with Gasteiger partial charge in [-0.1, -0.05) is 18.2 Å². The predicted octanol–water partition coefficient (Wildman–Crippen LogP) is 2.19. The molecule has 4 rings (SSSR count). The molecule has 1 N–H and O–H groups in total. The van der Waals surface area contributed by atoms with Gasteiger partial charge in [0.25, 0.3) is 0 Å². The first-order valence-corrected chi connectivity index (χ1v) is 8.41. The molecule has 2 unspecified atom stereocenters. The zero-order valence-corrected chi connectivity index (χ0v) is 14.4. The number of rotatable bonds is 3. The van der Waals surface area contributed by atoms with Crippen molar-refractivity contribution in [3.8, 4) is 5.69 Å². The van der Waals surface area contributed by atoms with Crippen LogP contribution in [-0.4, -0.2) is 45.8 Å². The van der Waals surface area contributed by atoms with Crippen LogP contribution in [0.25, 0.3) is 5.69 Å². The van der Waals surface area contributed by atoms with Crippen LogP contribution >= 0.6 is 12.4 Å². The Hall–Kier alpha value is -1.85. The molecule has 2 atom stereocenters. The fourth-order valence-corrected chi connectivity index (χ4v) is 3.63. The molecule has 1 aromatic heterocycles. The Morgan fingerprint density at radius 2 is 1.96 bits per heavy atom. The molecule has 1 aromatic carbocycles. The van der Waals surface area contributed by atoms with Crippen molar-refractivity contribution in [1.82, 2.24) is 20.0 Å². The molecule has 3 heterocycles. The second-order valence-corrected chi connectivity index (χ2v) is 6.57. The molecule has 2 aromatic rings. The number of nitrogens with one attached hydrogen (secondary N) is 1. The monoisotopic (exact) mass is 346 g/mol. The number of carbonyl (C=O) groups is 1. The van der Waals surface area contributed by atoms with Crippen LogP contribution in [0.3, 0.4) is 0 Å². The van der Waals surface area contributed by atoms with E-state index in [1.54, 1.807) is 6.20 Å². The van der Waals surface area contributed by atoms with E-state index in [0.29, 0.717) is 18.5 Å². The van der Waals surface area contributed by atoms with Crippen molar-refractivity contribution in [2.24, 2.45) is 0 Å². The fourth-order valence-electron chi connectivity index (χ4n) is 3.63. The second-order valence-electron chi connectivity index (χ2n) is 6.57. The molecule has 24 heavy (non-hydrogen) atoms. The summed E-state index contributed by atoms with van der Waals surface area (Å²) < 4.78 is 1.83. The first kappa shape index (κ1) is 17.0. The molecule has 5 nitrogen and oxygen atoms in total. The topological polar surface area (TPSA) is 50.2 Å². The van der Waals surface area contributed by atoms with E-state index in [4.69, 9.17) is 0 Å². The Morgan fingerprint density at radius 1 is 1.17 bits per heavy atom. The molecule has 6 heteroatoms. The minimum absolute atomic E-state index is 0. The van der Waals surface area contributed by atoms with Gasteiger partial charge in [-0.2, -0.15) is 5.10 Å². The lowest BCUT2D eigenvalue weighted by Crippen LogP contribution is -2.39. The number of fused-ring (bicyclic) bond motifs is 2. The third-order valence-electron chi connectivity index (χ3n) is 4.89. The number of hydrogen-bond donors (Lipinski definition) is 1.